The summed E-state index contributed by atoms with van der Waals surface area (Å²) in [6.45, 7) is 5.92. The molecule has 83 heavy (non-hydrogen) atoms. The van der Waals surface area contributed by atoms with Gasteiger partial charge in [-0.2, -0.15) is 0 Å². The lowest BCUT2D eigenvalue weighted by molar-refractivity contribution is -0.130. The second kappa shape index (κ2) is 26.6. The van der Waals surface area contributed by atoms with Gasteiger partial charge < -0.3 is 45.4 Å². The number of aliphatic hydroxyl groups excluding tert-OH is 4. The van der Waals surface area contributed by atoms with Crippen LogP contribution >= 0.6 is 43.2 Å². The molecule has 7 aliphatic rings. The minimum absolute atomic E-state index is 0.00146. The molecule has 3 fully saturated rings. The van der Waals surface area contributed by atoms with Crippen molar-refractivity contribution in [2.24, 2.45) is 23.7 Å². The van der Waals surface area contributed by atoms with Gasteiger partial charge >= 0.3 is 0 Å². The number of fused-ring (bicyclic) bond motifs is 9. The Morgan fingerprint density at radius 3 is 2.48 bits per heavy atom. The molecule has 12 rings (SSSR count). The average molecular weight is 1210 g/mol. The normalized spacial score (nSPS) is 29.3. The van der Waals surface area contributed by atoms with E-state index in [2.05, 4.69) is 60.9 Å². The molecule has 0 amide bonds. The molecule has 16 heteroatoms. The first-order valence-electron chi connectivity index (χ1n) is 30.4. The average Bonchev–Trinajstić information content (AvgIpc) is 2.10. The van der Waals surface area contributed by atoms with Gasteiger partial charge in [-0.3, -0.25) is 14.9 Å². The van der Waals surface area contributed by atoms with Crippen LogP contribution in [-0.4, -0.2) is 103 Å². The molecule has 5 aromatic carbocycles. The largest absolute Gasteiger partial charge is 0.508 e. The van der Waals surface area contributed by atoms with Crippen LogP contribution in [0.3, 0.4) is 0 Å². The molecular formula is C67H84N2O10S4. The zero-order valence-electron chi connectivity index (χ0n) is 48.4. The maximum atomic E-state index is 15.2. The van der Waals surface area contributed by atoms with E-state index in [-0.39, 0.29) is 96.6 Å². The topological polar surface area (TPSA) is 198 Å². The van der Waals surface area contributed by atoms with Crippen LogP contribution in [0.25, 0.3) is 21.9 Å². The summed E-state index contributed by atoms with van der Waals surface area (Å²) in [5.74, 6) is 1.95. The zero-order chi connectivity index (χ0) is 58.1. The van der Waals surface area contributed by atoms with Gasteiger partial charge in [0.2, 0.25) is 0 Å². The highest BCUT2D eigenvalue weighted by Gasteiger charge is 2.53. The third-order valence-corrected chi connectivity index (χ3v) is 26.0. The molecule has 5 aliphatic heterocycles. The Kier molecular flexibility index (Phi) is 19.4. The lowest BCUT2D eigenvalue weighted by Gasteiger charge is -2.50. The summed E-state index contributed by atoms with van der Waals surface area (Å²) in [6, 6.07) is 23.4. The van der Waals surface area contributed by atoms with Crippen molar-refractivity contribution in [3.63, 3.8) is 0 Å². The molecule has 5 heterocycles. The molecule has 446 valence electrons. The van der Waals surface area contributed by atoms with Crippen LogP contribution in [-0.2, 0) is 45.9 Å². The van der Waals surface area contributed by atoms with Crippen LogP contribution in [0.15, 0.2) is 72.8 Å². The molecule has 12 unspecified atom stereocenters. The summed E-state index contributed by atoms with van der Waals surface area (Å²) in [5, 5.41) is 79.2. The van der Waals surface area contributed by atoms with Crippen molar-refractivity contribution in [3.8, 4) is 28.4 Å². The molecule has 0 aromatic heterocycles. The van der Waals surface area contributed by atoms with Gasteiger partial charge in [0.25, 0.3) is 0 Å². The zero-order valence-corrected chi connectivity index (χ0v) is 51.7. The monoisotopic (exact) mass is 1200 g/mol. The van der Waals surface area contributed by atoms with Gasteiger partial charge in [-0.05, 0) is 205 Å². The predicted octanol–water partition coefficient (Wildman–Crippen LogP) is 12.9. The summed E-state index contributed by atoms with van der Waals surface area (Å²) in [6.07, 6.45) is 7.03. The number of hydrogen-bond donors (Lipinski definition) is 8. The fourth-order valence-corrected chi connectivity index (χ4v) is 22.7. The summed E-state index contributed by atoms with van der Waals surface area (Å²) in [7, 11) is 8.85. The number of carbonyl (C=O) groups excluding carboxylic acids is 2. The third-order valence-electron chi connectivity index (χ3n) is 19.6. The number of carbonyl (C=O) groups is 2. The minimum atomic E-state index is -0.802. The van der Waals surface area contributed by atoms with E-state index in [1.807, 2.05) is 45.9 Å². The van der Waals surface area contributed by atoms with E-state index < -0.39 is 29.2 Å². The van der Waals surface area contributed by atoms with Crippen molar-refractivity contribution in [2.75, 3.05) is 31.4 Å². The lowest BCUT2D eigenvalue weighted by atomic mass is 9.63. The summed E-state index contributed by atoms with van der Waals surface area (Å²) >= 11 is 0. The Bertz CT molecular complexity index is 3160. The number of aryl methyl sites for hydroxylation is 2. The summed E-state index contributed by atoms with van der Waals surface area (Å²) in [4.78, 5) is 28.5. The van der Waals surface area contributed by atoms with Gasteiger partial charge in [-0.25, -0.2) is 0 Å². The molecule has 2 aliphatic carbocycles. The second-order valence-electron chi connectivity index (χ2n) is 25.1. The number of Topliss-reactive ketones (excluding diaryl/α,β-unsaturated/α-hetero) is 2. The van der Waals surface area contributed by atoms with Crippen LogP contribution in [0.2, 0.25) is 0 Å². The van der Waals surface area contributed by atoms with Gasteiger partial charge in [0, 0.05) is 65.7 Å². The molecule has 0 radical (unpaired) electrons. The molecular weight excluding hydrogens is 1120 g/mol. The van der Waals surface area contributed by atoms with Gasteiger partial charge in [-0.15, -0.1) is 0 Å². The van der Waals surface area contributed by atoms with Crippen molar-refractivity contribution < 1.29 is 49.7 Å². The number of anilines is 1. The number of rotatable bonds is 12. The molecule has 1 saturated carbocycles. The Morgan fingerprint density at radius 1 is 0.904 bits per heavy atom. The van der Waals surface area contributed by atoms with E-state index in [1.54, 1.807) is 47.8 Å². The van der Waals surface area contributed by atoms with E-state index in [1.165, 1.54) is 11.1 Å². The lowest BCUT2D eigenvalue weighted by Crippen LogP contribution is -2.54. The van der Waals surface area contributed by atoms with E-state index in [9.17, 15) is 35.4 Å². The van der Waals surface area contributed by atoms with Crippen LogP contribution in [0.1, 0.15) is 160 Å². The van der Waals surface area contributed by atoms with Crippen LogP contribution in [0, 0.1) is 23.7 Å². The van der Waals surface area contributed by atoms with Crippen LogP contribution < -0.4 is 15.4 Å². The van der Waals surface area contributed by atoms with Gasteiger partial charge in [0.1, 0.15) is 17.8 Å². The number of phenols is 2. The predicted molar refractivity (Wildman–Crippen MR) is 339 cm³/mol. The van der Waals surface area contributed by atoms with E-state index in [0.29, 0.717) is 73.5 Å². The van der Waals surface area contributed by atoms with Gasteiger partial charge in [0.05, 0.1) is 36.7 Å². The minimum Gasteiger partial charge on any atom is -0.508 e. The molecule has 5 bridgehead atoms. The first-order valence-corrected chi connectivity index (χ1v) is 35.1. The van der Waals surface area contributed by atoms with Crippen LogP contribution in [0.4, 0.5) is 5.69 Å². The highest BCUT2D eigenvalue weighted by atomic mass is 33.1. The number of ether oxygens (including phenoxy) is 2. The van der Waals surface area contributed by atoms with Crippen LogP contribution in [0.5, 0.6) is 17.2 Å². The quantitative estimate of drug-likeness (QED) is 0.0549. The maximum absolute atomic E-state index is 15.2. The standard InChI is InChI=1S/C67H84N2O10S4/c1-37(2)11-12-39-8-5-6-9-42(39)30-60-67-24-23-43(29-59(67)77)58(32-49(75)19-14-41-17-22-57(76)65(78-4)61(41)50-20-15-40-13-18-48(74)31-51(40)54(50)36-81-83-67)79-66-53-27-46(34-72)64-62-44(16-21-55(68-64)38(3)73)26-45(33-71)52(63(53)62)28-47(35-80-82-60)56(69-66)10-7-25-70/h5-6,8-9,13,15,17-18,20,22,27,31,37,43-45,47,52,55-56,58-60,66,68-72,74,76-77H,7,10-12,14,16,19,21,23-26,28-30,32-36H2,1-4H3. The Morgan fingerprint density at radius 2 is 1.72 bits per heavy atom. The summed E-state index contributed by atoms with van der Waals surface area (Å²) in [5.41, 5.74) is 10.6. The number of phenolic OH excluding ortho intramolecular Hbond substituents is 2. The van der Waals surface area contributed by atoms with Crippen molar-refractivity contribution in [1.82, 2.24) is 5.32 Å². The van der Waals surface area contributed by atoms with E-state index in [4.69, 9.17) is 9.47 Å². The number of aliphatic hydroxyl groups is 4. The molecule has 5 aromatic rings. The number of benzene rings is 5. The Hall–Kier alpha value is -3.94. The Balaban J connectivity index is 1.11. The van der Waals surface area contributed by atoms with Gasteiger partial charge in [-0.1, -0.05) is 106 Å². The number of nitrogens with one attached hydrogen (secondary N) is 2. The first-order chi connectivity index (χ1) is 40.2. The molecule has 12 nitrogen and oxygen atoms in total. The molecule has 8 N–H and O–H groups in total. The van der Waals surface area contributed by atoms with E-state index in [0.717, 1.165) is 94.1 Å². The smallest absolute Gasteiger partial charge is 0.168 e. The second-order valence-corrected chi connectivity index (χ2v) is 30.3. The molecule has 12 atom stereocenters. The molecule has 0 spiro atoms. The molecule has 2 saturated heterocycles. The first kappa shape index (κ1) is 60.7. The fraction of sp³-hybridized carbons (Fsp3) is 0.552. The maximum Gasteiger partial charge on any atom is 0.168 e. The SMILES string of the molecule is COc1c(O)ccc2c1-c1ccc3ccc(O)cc3c1CSSC13CCC(CC1O)C(CC(=O)CC2)OC1NC(CCCO)C(CSSC3Cc2ccccc2CCC(C)C)CC2c3c1cc(CO)c1c3C(CCC(C(C)=O)N1)CC2CO. The summed E-state index contributed by atoms with van der Waals surface area (Å²) < 4.78 is 13.1. The van der Waals surface area contributed by atoms with Gasteiger partial charge in [0.15, 0.2) is 17.3 Å². The number of hydrogen-bond acceptors (Lipinski definition) is 16. The van der Waals surface area contributed by atoms with Crippen molar-refractivity contribution >= 4 is 71.2 Å². The van der Waals surface area contributed by atoms with Crippen molar-refractivity contribution in [2.45, 2.75) is 182 Å². The van der Waals surface area contributed by atoms with E-state index >= 15 is 4.79 Å². The third kappa shape index (κ3) is 12.5. The van der Waals surface area contributed by atoms with Crippen molar-refractivity contribution in [3.05, 3.63) is 117 Å². The highest BCUT2D eigenvalue weighted by Crippen LogP contribution is 2.60. The highest BCUT2D eigenvalue weighted by molar-refractivity contribution is 8.78. The number of methoxy groups -OCH3 is 1. The number of ketones is 2. The Labute approximate surface area is 505 Å². The number of aromatic hydroxyl groups is 2. The van der Waals surface area contributed by atoms with Crippen molar-refractivity contribution in [1.29, 1.82) is 0 Å². The fourth-order valence-electron chi connectivity index (χ4n) is 15.1.